The summed E-state index contributed by atoms with van der Waals surface area (Å²) >= 11 is 1.64. The molecule has 1 unspecified atom stereocenters. The van der Waals surface area contributed by atoms with Gasteiger partial charge < -0.3 is 15.8 Å². The molecule has 0 spiro atoms. The fraction of sp³-hybridized carbons (Fsp3) is 0.500. The highest BCUT2D eigenvalue weighted by Crippen LogP contribution is 2.20. The largest absolute Gasteiger partial charge is 0.399 e. The van der Waals surface area contributed by atoms with Crippen LogP contribution in [0, 0.1) is 6.92 Å². The van der Waals surface area contributed by atoms with Crippen molar-refractivity contribution in [2.75, 3.05) is 30.5 Å². The Morgan fingerprint density at radius 3 is 2.89 bits per heavy atom. The van der Waals surface area contributed by atoms with Gasteiger partial charge in [0.25, 0.3) is 0 Å². The number of amides is 1. The van der Waals surface area contributed by atoms with E-state index in [9.17, 15) is 4.79 Å². The van der Waals surface area contributed by atoms with Crippen molar-refractivity contribution < 1.29 is 9.53 Å². The highest BCUT2D eigenvalue weighted by atomic mass is 32.2. The van der Waals surface area contributed by atoms with E-state index in [4.69, 9.17) is 10.5 Å². The molecule has 19 heavy (non-hydrogen) atoms. The van der Waals surface area contributed by atoms with Gasteiger partial charge in [-0.2, -0.15) is 0 Å². The highest BCUT2D eigenvalue weighted by Gasteiger charge is 2.14. The molecule has 106 valence electrons. The molecule has 1 aromatic rings. The first-order valence-corrected chi connectivity index (χ1v) is 7.37. The van der Waals surface area contributed by atoms with Crippen LogP contribution >= 0.6 is 11.8 Å². The number of anilines is 2. The van der Waals surface area contributed by atoms with Crippen LogP contribution in [0.2, 0.25) is 0 Å². The van der Waals surface area contributed by atoms with E-state index in [0.29, 0.717) is 5.69 Å². The van der Waals surface area contributed by atoms with Crippen molar-refractivity contribution in [2.45, 2.75) is 25.5 Å². The summed E-state index contributed by atoms with van der Waals surface area (Å²) in [6, 6.07) is 5.48. The second kappa shape index (κ2) is 8.07. The molecule has 0 fully saturated rings. The SMILES string of the molecule is COCCCSC(C)C(=O)Nc1ccc(N)cc1C. The summed E-state index contributed by atoms with van der Waals surface area (Å²) in [5.74, 6) is 0.943. The number of ether oxygens (including phenoxy) is 1. The summed E-state index contributed by atoms with van der Waals surface area (Å²) in [5, 5.41) is 2.86. The molecule has 1 rings (SSSR count). The number of hydrogen-bond acceptors (Lipinski definition) is 4. The Hall–Kier alpha value is -1.20. The molecule has 0 radical (unpaired) electrons. The number of carbonyl (C=O) groups is 1. The Kier molecular flexibility index (Phi) is 6.73. The molecule has 0 saturated carbocycles. The van der Waals surface area contributed by atoms with Gasteiger partial charge in [-0.3, -0.25) is 4.79 Å². The molecule has 0 saturated heterocycles. The lowest BCUT2D eigenvalue weighted by atomic mass is 10.2. The maximum absolute atomic E-state index is 12.0. The van der Waals surface area contributed by atoms with Crippen molar-refractivity contribution in [3.05, 3.63) is 23.8 Å². The summed E-state index contributed by atoms with van der Waals surface area (Å²) < 4.78 is 4.98. The van der Waals surface area contributed by atoms with Crippen LogP contribution in [0.5, 0.6) is 0 Å². The van der Waals surface area contributed by atoms with Gasteiger partial charge in [-0.15, -0.1) is 11.8 Å². The molecule has 0 heterocycles. The Bertz CT molecular complexity index is 424. The quantitative estimate of drug-likeness (QED) is 0.596. The predicted molar refractivity (Wildman–Crippen MR) is 82.6 cm³/mol. The molecule has 1 amide bonds. The van der Waals surface area contributed by atoms with Crippen molar-refractivity contribution in [1.29, 1.82) is 0 Å². The van der Waals surface area contributed by atoms with Gasteiger partial charge in [0.15, 0.2) is 0 Å². The maximum atomic E-state index is 12.0. The van der Waals surface area contributed by atoms with E-state index in [1.54, 1.807) is 24.9 Å². The normalized spacial score (nSPS) is 12.2. The zero-order valence-electron chi connectivity index (χ0n) is 11.7. The van der Waals surface area contributed by atoms with E-state index < -0.39 is 0 Å². The number of benzene rings is 1. The lowest BCUT2D eigenvalue weighted by molar-refractivity contribution is -0.115. The van der Waals surface area contributed by atoms with Crippen molar-refractivity contribution in [2.24, 2.45) is 0 Å². The van der Waals surface area contributed by atoms with Gasteiger partial charge in [-0.1, -0.05) is 0 Å². The molecular formula is C14H22N2O2S. The van der Waals surface area contributed by atoms with E-state index in [-0.39, 0.29) is 11.2 Å². The third-order valence-electron chi connectivity index (χ3n) is 2.74. The van der Waals surface area contributed by atoms with Gasteiger partial charge in [-0.05, 0) is 49.8 Å². The first-order chi connectivity index (χ1) is 9.04. The minimum Gasteiger partial charge on any atom is -0.399 e. The Balaban J connectivity index is 2.45. The molecule has 0 aliphatic rings. The first-order valence-electron chi connectivity index (χ1n) is 6.32. The number of nitrogens with two attached hydrogens (primary N) is 1. The van der Waals surface area contributed by atoms with Crippen molar-refractivity contribution >= 4 is 29.0 Å². The summed E-state index contributed by atoms with van der Waals surface area (Å²) in [5.41, 5.74) is 8.19. The second-order valence-electron chi connectivity index (χ2n) is 4.42. The summed E-state index contributed by atoms with van der Waals surface area (Å²) in [7, 11) is 1.69. The smallest absolute Gasteiger partial charge is 0.237 e. The van der Waals surface area contributed by atoms with E-state index in [1.165, 1.54) is 0 Å². The van der Waals surface area contributed by atoms with Gasteiger partial charge >= 0.3 is 0 Å². The van der Waals surface area contributed by atoms with Crippen molar-refractivity contribution in [1.82, 2.24) is 0 Å². The van der Waals surface area contributed by atoms with E-state index in [1.807, 2.05) is 26.0 Å². The van der Waals surface area contributed by atoms with Gasteiger partial charge in [0, 0.05) is 25.1 Å². The molecule has 1 atom stereocenters. The van der Waals surface area contributed by atoms with Crippen LogP contribution in [0.15, 0.2) is 18.2 Å². The highest BCUT2D eigenvalue weighted by molar-refractivity contribution is 8.00. The maximum Gasteiger partial charge on any atom is 0.237 e. The van der Waals surface area contributed by atoms with E-state index in [0.717, 1.165) is 30.0 Å². The van der Waals surface area contributed by atoms with Gasteiger partial charge in [0.1, 0.15) is 0 Å². The molecule has 4 nitrogen and oxygen atoms in total. The van der Waals surface area contributed by atoms with Crippen LogP contribution in [0.3, 0.4) is 0 Å². The first kappa shape index (κ1) is 15.9. The van der Waals surface area contributed by atoms with E-state index in [2.05, 4.69) is 5.32 Å². The summed E-state index contributed by atoms with van der Waals surface area (Å²) in [6.07, 6.45) is 0.958. The molecular weight excluding hydrogens is 260 g/mol. The molecule has 0 aliphatic heterocycles. The zero-order chi connectivity index (χ0) is 14.3. The fourth-order valence-electron chi connectivity index (χ4n) is 1.60. The minimum absolute atomic E-state index is 0.0234. The third-order valence-corrected chi connectivity index (χ3v) is 3.98. The average Bonchev–Trinajstić information content (AvgIpc) is 2.37. The Morgan fingerprint density at radius 2 is 2.26 bits per heavy atom. The van der Waals surface area contributed by atoms with Crippen molar-refractivity contribution in [3.63, 3.8) is 0 Å². The van der Waals surface area contributed by atoms with Crippen LogP contribution in [0.4, 0.5) is 11.4 Å². The number of aryl methyl sites for hydroxylation is 1. The molecule has 0 aliphatic carbocycles. The molecule has 0 aromatic heterocycles. The Labute approximate surface area is 119 Å². The lowest BCUT2D eigenvalue weighted by Gasteiger charge is -2.13. The zero-order valence-corrected chi connectivity index (χ0v) is 12.5. The lowest BCUT2D eigenvalue weighted by Crippen LogP contribution is -2.23. The number of methoxy groups -OCH3 is 1. The standard InChI is InChI=1S/C14H22N2O2S/c1-10-9-12(15)5-6-13(10)16-14(17)11(2)19-8-4-7-18-3/h5-6,9,11H,4,7-8,15H2,1-3H3,(H,16,17). The molecule has 5 heteroatoms. The fourth-order valence-corrected chi connectivity index (χ4v) is 2.45. The monoisotopic (exact) mass is 282 g/mol. The second-order valence-corrected chi connectivity index (χ2v) is 5.87. The summed E-state index contributed by atoms with van der Waals surface area (Å²) in [4.78, 5) is 12.0. The Morgan fingerprint density at radius 1 is 1.53 bits per heavy atom. The molecule has 3 N–H and O–H groups in total. The van der Waals surface area contributed by atoms with Crippen LogP contribution in [0.25, 0.3) is 0 Å². The minimum atomic E-state index is -0.0752. The topological polar surface area (TPSA) is 64.3 Å². The van der Waals surface area contributed by atoms with Gasteiger partial charge in [0.2, 0.25) is 5.91 Å². The predicted octanol–water partition coefficient (Wildman–Crippen LogP) is 2.67. The molecule has 1 aromatic carbocycles. The van der Waals surface area contributed by atoms with Crippen LogP contribution < -0.4 is 11.1 Å². The average molecular weight is 282 g/mol. The number of nitrogens with one attached hydrogen (secondary N) is 1. The van der Waals surface area contributed by atoms with Crippen LogP contribution in [-0.2, 0) is 9.53 Å². The van der Waals surface area contributed by atoms with Crippen LogP contribution in [-0.4, -0.2) is 30.6 Å². The van der Waals surface area contributed by atoms with Gasteiger partial charge in [0.05, 0.1) is 5.25 Å². The number of carbonyl (C=O) groups excluding carboxylic acids is 1. The molecule has 0 bridgehead atoms. The number of hydrogen-bond donors (Lipinski definition) is 2. The number of nitrogen functional groups attached to an aromatic ring is 1. The van der Waals surface area contributed by atoms with Crippen LogP contribution in [0.1, 0.15) is 18.9 Å². The summed E-state index contributed by atoms with van der Waals surface area (Å²) in [6.45, 7) is 4.58. The van der Waals surface area contributed by atoms with Gasteiger partial charge in [-0.25, -0.2) is 0 Å². The van der Waals surface area contributed by atoms with Crippen molar-refractivity contribution in [3.8, 4) is 0 Å². The number of rotatable bonds is 7. The third kappa shape index (κ3) is 5.53. The number of thioether (sulfide) groups is 1. The van der Waals surface area contributed by atoms with E-state index >= 15 is 0 Å².